The molecule has 5 nitrogen and oxygen atoms in total. The van der Waals surface area contributed by atoms with E-state index in [-0.39, 0.29) is 17.6 Å². The minimum absolute atomic E-state index is 0.00212. The number of amides is 1. The Morgan fingerprint density at radius 2 is 1.90 bits per heavy atom. The van der Waals surface area contributed by atoms with Crippen molar-refractivity contribution >= 4 is 17.7 Å². The first-order chi connectivity index (χ1) is 13.8. The Balaban J connectivity index is 1.72. The fourth-order valence-electron chi connectivity index (χ4n) is 4.07. The number of anilines is 1. The third kappa shape index (κ3) is 3.27. The lowest BCUT2D eigenvalue weighted by Gasteiger charge is -2.49. The quantitative estimate of drug-likeness (QED) is 0.626. The number of benzene rings is 2. The van der Waals surface area contributed by atoms with Crippen LogP contribution < -0.4 is 9.64 Å². The second-order valence-corrected chi connectivity index (χ2v) is 8.05. The minimum Gasteiger partial charge on any atom is -0.507 e. The van der Waals surface area contributed by atoms with Crippen molar-refractivity contribution in [1.82, 2.24) is 4.90 Å². The molecule has 2 aromatic carbocycles. The standard InChI is InChI=1S/C24H26N2O3/c1-24-15-19(18-7-5-6-8-21(18)29-24)22(23(28)26(24)4)20(27)14-11-16-9-12-17(13-10-16)25(2)3/h5-14,19,27H,15H2,1-4H3/b14-11+,22-20-. The van der Waals surface area contributed by atoms with Crippen LogP contribution >= 0.6 is 0 Å². The third-order valence-corrected chi connectivity index (χ3v) is 5.92. The fourth-order valence-corrected chi connectivity index (χ4v) is 4.07. The highest BCUT2D eigenvalue weighted by atomic mass is 16.5. The number of allylic oxidation sites excluding steroid dienone is 1. The van der Waals surface area contributed by atoms with Gasteiger partial charge in [0, 0.05) is 44.7 Å². The molecule has 1 fully saturated rings. The molecule has 0 aromatic heterocycles. The van der Waals surface area contributed by atoms with Crippen LogP contribution in [-0.2, 0) is 4.79 Å². The van der Waals surface area contributed by atoms with Gasteiger partial charge in [0.05, 0.1) is 5.57 Å². The van der Waals surface area contributed by atoms with Gasteiger partial charge in [0.2, 0.25) is 0 Å². The Labute approximate surface area is 171 Å². The molecule has 2 unspecified atom stereocenters. The second-order valence-electron chi connectivity index (χ2n) is 8.05. The van der Waals surface area contributed by atoms with Crippen molar-refractivity contribution in [3.8, 4) is 5.75 Å². The summed E-state index contributed by atoms with van der Waals surface area (Å²) in [5, 5.41) is 10.9. The molecule has 1 N–H and O–H groups in total. The summed E-state index contributed by atoms with van der Waals surface area (Å²) in [4.78, 5) is 16.7. The van der Waals surface area contributed by atoms with Gasteiger partial charge in [-0.05, 0) is 36.8 Å². The number of carbonyl (C=O) groups is 1. The molecule has 0 radical (unpaired) electrons. The average Bonchev–Trinajstić information content (AvgIpc) is 2.71. The highest BCUT2D eigenvalue weighted by Gasteiger charge is 2.50. The van der Waals surface area contributed by atoms with E-state index in [1.165, 1.54) is 0 Å². The van der Waals surface area contributed by atoms with Crippen LogP contribution in [0.15, 0.2) is 65.9 Å². The highest BCUT2D eigenvalue weighted by Crippen LogP contribution is 2.50. The molecule has 0 spiro atoms. The topological polar surface area (TPSA) is 53.0 Å². The van der Waals surface area contributed by atoms with Crippen molar-refractivity contribution in [1.29, 1.82) is 0 Å². The predicted molar refractivity (Wildman–Crippen MR) is 115 cm³/mol. The van der Waals surface area contributed by atoms with Crippen LogP contribution in [0.2, 0.25) is 0 Å². The zero-order valence-corrected chi connectivity index (χ0v) is 17.2. The van der Waals surface area contributed by atoms with E-state index in [9.17, 15) is 9.90 Å². The van der Waals surface area contributed by atoms with Crippen molar-refractivity contribution in [2.75, 3.05) is 26.0 Å². The van der Waals surface area contributed by atoms with Crippen molar-refractivity contribution in [2.24, 2.45) is 0 Å². The summed E-state index contributed by atoms with van der Waals surface area (Å²) in [5.41, 5.74) is 2.70. The van der Waals surface area contributed by atoms with E-state index in [1.807, 2.05) is 80.5 Å². The second kappa shape index (κ2) is 6.99. The van der Waals surface area contributed by atoms with Gasteiger partial charge in [0.15, 0.2) is 5.72 Å². The normalized spacial score (nSPS) is 24.9. The molecule has 2 bridgehead atoms. The number of likely N-dealkylation sites (N-methyl/N-ethyl adjacent to an activating group) is 1. The SMILES string of the molecule is CN(C)c1ccc(/C=C/C(O)=C2/C(=O)N(C)C3(C)CC2c2ccccc2O3)cc1. The summed E-state index contributed by atoms with van der Waals surface area (Å²) in [6, 6.07) is 15.7. The molecular formula is C24H26N2O3. The van der Waals surface area contributed by atoms with Crippen molar-refractivity contribution in [3.63, 3.8) is 0 Å². The first kappa shape index (κ1) is 19.1. The molecule has 4 rings (SSSR count). The summed E-state index contributed by atoms with van der Waals surface area (Å²) in [7, 11) is 5.71. The Hall–Kier alpha value is -3.21. The Morgan fingerprint density at radius 1 is 1.21 bits per heavy atom. The van der Waals surface area contributed by atoms with Crippen LogP contribution in [-0.4, -0.2) is 42.8 Å². The molecule has 0 aliphatic carbocycles. The van der Waals surface area contributed by atoms with Gasteiger partial charge in [-0.25, -0.2) is 0 Å². The highest BCUT2D eigenvalue weighted by molar-refractivity contribution is 5.98. The number of rotatable bonds is 3. The van der Waals surface area contributed by atoms with E-state index in [4.69, 9.17) is 4.74 Å². The van der Waals surface area contributed by atoms with E-state index in [0.29, 0.717) is 12.0 Å². The fraction of sp³-hybridized carbons (Fsp3) is 0.292. The number of likely N-dealkylation sites (tertiary alicyclic amines) is 1. The molecule has 1 saturated heterocycles. The Morgan fingerprint density at radius 3 is 2.59 bits per heavy atom. The van der Waals surface area contributed by atoms with Crippen molar-refractivity contribution in [2.45, 2.75) is 25.0 Å². The molecule has 150 valence electrons. The number of nitrogens with zero attached hydrogens (tertiary/aromatic N) is 2. The maximum Gasteiger partial charge on any atom is 0.256 e. The van der Waals surface area contributed by atoms with E-state index >= 15 is 0 Å². The number of aliphatic hydroxyl groups excluding tert-OH is 1. The molecular weight excluding hydrogens is 364 g/mol. The zero-order chi connectivity index (χ0) is 20.8. The summed E-state index contributed by atoms with van der Waals surface area (Å²) in [6.45, 7) is 1.92. The van der Waals surface area contributed by atoms with Gasteiger partial charge >= 0.3 is 0 Å². The van der Waals surface area contributed by atoms with Gasteiger partial charge in [0.1, 0.15) is 11.5 Å². The number of hydrogen-bond acceptors (Lipinski definition) is 4. The molecule has 2 aliphatic rings. The monoisotopic (exact) mass is 390 g/mol. The van der Waals surface area contributed by atoms with E-state index in [1.54, 1.807) is 18.0 Å². The molecule has 2 aromatic rings. The largest absolute Gasteiger partial charge is 0.507 e. The summed E-state index contributed by atoms with van der Waals surface area (Å²) in [6.07, 6.45) is 4.05. The lowest BCUT2D eigenvalue weighted by molar-refractivity contribution is -0.153. The van der Waals surface area contributed by atoms with E-state index < -0.39 is 5.72 Å². The number of ether oxygens (including phenoxy) is 1. The predicted octanol–water partition coefficient (Wildman–Crippen LogP) is 4.33. The Kier molecular flexibility index (Phi) is 4.61. The van der Waals surface area contributed by atoms with Crippen LogP contribution in [0, 0.1) is 0 Å². The first-order valence-corrected chi connectivity index (χ1v) is 9.75. The van der Waals surface area contributed by atoms with Gasteiger partial charge < -0.3 is 19.6 Å². The number of piperidine rings is 1. The molecule has 1 amide bonds. The summed E-state index contributed by atoms with van der Waals surface area (Å²) >= 11 is 0. The van der Waals surface area contributed by atoms with Crippen molar-refractivity contribution in [3.05, 3.63) is 77.1 Å². The molecule has 2 aliphatic heterocycles. The van der Waals surface area contributed by atoms with E-state index in [2.05, 4.69) is 0 Å². The average molecular weight is 390 g/mol. The maximum absolute atomic E-state index is 13.1. The van der Waals surface area contributed by atoms with Crippen LogP contribution in [0.3, 0.4) is 0 Å². The van der Waals surface area contributed by atoms with Crippen LogP contribution in [0.1, 0.15) is 30.4 Å². The molecule has 2 heterocycles. The number of hydrogen-bond donors (Lipinski definition) is 1. The van der Waals surface area contributed by atoms with Gasteiger partial charge in [-0.15, -0.1) is 0 Å². The minimum atomic E-state index is -0.717. The van der Waals surface area contributed by atoms with Crippen LogP contribution in [0.5, 0.6) is 5.75 Å². The lowest BCUT2D eigenvalue weighted by Crippen LogP contribution is -2.59. The van der Waals surface area contributed by atoms with Crippen LogP contribution in [0.4, 0.5) is 5.69 Å². The molecule has 2 atom stereocenters. The first-order valence-electron chi connectivity index (χ1n) is 9.75. The van der Waals surface area contributed by atoms with E-state index in [0.717, 1.165) is 22.6 Å². The van der Waals surface area contributed by atoms with Gasteiger partial charge in [-0.3, -0.25) is 4.79 Å². The van der Waals surface area contributed by atoms with Crippen LogP contribution in [0.25, 0.3) is 6.08 Å². The number of aliphatic hydroxyl groups is 1. The van der Waals surface area contributed by atoms with Gasteiger partial charge in [-0.2, -0.15) is 0 Å². The smallest absolute Gasteiger partial charge is 0.256 e. The summed E-state index contributed by atoms with van der Waals surface area (Å²) < 4.78 is 6.14. The molecule has 29 heavy (non-hydrogen) atoms. The van der Waals surface area contributed by atoms with Crippen molar-refractivity contribution < 1.29 is 14.6 Å². The summed E-state index contributed by atoms with van der Waals surface area (Å²) in [5.74, 6) is 0.360. The van der Waals surface area contributed by atoms with Gasteiger partial charge in [-0.1, -0.05) is 36.4 Å². The van der Waals surface area contributed by atoms with Gasteiger partial charge in [0.25, 0.3) is 5.91 Å². The lowest BCUT2D eigenvalue weighted by atomic mass is 9.77. The number of fused-ring (bicyclic) bond motifs is 4. The number of para-hydroxylation sites is 1. The maximum atomic E-state index is 13.1. The molecule has 5 heteroatoms. The number of carbonyl (C=O) groups excluding carboxylic acids is 1. The molecule has 0 saturated carbocycles. The zero-order valence-electron chi connectivity index (χ0n) is 17.2. The third-order valence-electron chi connectivity index (χ3n) is 5.92. The Bertz CT molecular complexity index is 1010.